The number of carboxylic acid groups (broad SMARTS) is 1. The van der Waals surface area contributed by atoms with E-state index in [-0.39, 0.29) is 0 Å². The number of carboxylic acids is 1. The first-order valence-electron chi connectivity index (χ1n) is 7.51. The Bertz CT molecular complexity index is 876. The molecule has 0 bridgehead atoms. The Labute approximate surface area is 134 Å². The Hall–Kier alpha value is -2.88. The third-order valence-electron chi connectivity index (χ3n) is 3.87. The second-order valence-electron chi connectivity index (χ2n) is 5.59. The molecule has 0 saturated heterocycles. The average Bonchev–Trinajstić information content (AvgIpc) is 2.91. The first-order chi connectivity index (χ1) is 11.1. The molecule has 0 aliphatic carbocycles. The van der Waals surface area contributed by atoms with Crippen molar-refractivity contribution in [2.24, 2.45) is 0 Å². The fraction of sp³-hybridized carbons (Fsp3) is 0.158. The molecule has 0 amide bonds. The summed E-state index contributed by atoms with van der Waals surface area (Å²) in [5.41, 5.74) is 3.88. The number of aliphatic carboxylic acids is 1. The molecular weight excluding hydrogens is 288 g/mol. The van der Waals surface area contributed by atoms with Crippen LogP contribution in [-0.4, -0.2) is 20.6 Å². The summed E-state index contributed by atoms with van der Waals surface area (Å²) in [7, 11) is 0. The zero-order valence-corrected chi connectivity index (χ0v) is 13.1. The third kappa shape index (κ3) is 3.01. The van der Waals surface area contributed by atoms with E-state index >= 15 is 0 Å². The minimum absolute atomic E-state index is 0.640. The second kappa shape index (κ2) is 6.08. The fourth-order valence-electron chi connectivity index (χ4n) is 2.55. The smallest absolute Gasteiger partial charge is 0.326 e. The Kier molecular flexibility index (Phi) is 3.98. The van der Waals surface area contributed by atoms with Crippen molar-refractivity contribution in [3.63, 3.8) is 0 Å². The lowest BCUT2D eigenvalue weighted by molar-refractivity contribution is -0.140. The number of hydrogen-bond acceptors (Lipinski definition) is 2. The van der Waals surface area contributed by atoms with Gasteiger partial charge in [-0.15, -0.1) is 0 Å². The molecule has 1 atom stereocenters. The maximum absolute atomic E-state index is 11.4. The molecule has 116 valence electrons. The van der Waals surface area contributed by atoms with Crippen molar-refractivity contribution in [3.05, 3.63) is 65.5 Å². The summed E-state index contributed by atoms with van der Waals surface area (Å²) in [6, 6.07) is 15.0. The Balaban J connectivity index is 2.07. The molecule has 4 heteroatoms. The number of hydrogen-bond donors (Lipinski definition) is 1. The van der Waals surface area contributed by atoms with Gasteiger partial charge in [0.25, 0.3) is 0 Å². The van der Waals surface area contributed by atoms with Gasteiger partial charge in [-0.25, -0.2) is 9.78 Å². The summed E-state index contributed by atoms with van der Waals surface area (Å²) >= 11 is 0. The molecule has 1 unspecified atom stereocenters. The number of benzene rings is 2. The summed E-state index contributed by atoms with van der Waals surface area (Å²) in [5, 5.41) is 9.38. The number of rotatable bonds is 4. The lowest BCUT2D eigenvalue weighted by Crippen LogP contribution is -2.16. The van der Waals surface area contributed by atoms with E-state index in [2.05, 4.69) is 4.98 Å². The van der Waals surface area contributed by atoms with Crippen LogP contribution in [-0.2, 0) is 4.79 Å². The van der Waals surface area contributed by atoms with Crippen molar-refractivity contribution in [2.75, 3.05) is 0 Å². The highest BCUT2D eigenvalue weighted by atomic mass is 16.4. The van der Waals surface area contributed by atoms with Gasteiger partial charge in [0.2, 0.25) is 0 Å². The van der Waals surface area contributed by atoms with Crippen LogP contribution in [0.1, 0.15) is 29.9 Å². The highest BCUT2D eigenvalue weighted by Crippen LogP contribution is 2.23. The van der Waals surface area contributed by atoms with E-state index in [0.717, 1.165) is 16.6 Å². The van der Waals surface area contributed by atoms with E-state index in [4.69, 9.17) is 0 Å². The lowest BCUT2D eigenvalue weighted by atomic mass is 10.1. The third-order valence-corrected chi connectivity index (χ3v) is 3.87. The van der Waals surface area contributed by atoms with E-state index in [1.165, 1.54) is 5.56 Å². The van der Waals surface area contributed by atoms with Crippen LogP contribution in [0.25, 0.3) is 23.2 Å². The van der Waals surface area contributed by atoms with Crippen LogP contribution < -0.4 is 0 Å². The molecule has 0 aliphatic rings. The van der Waals surface area contributed by atoms with Crippen molar-refractivity contribution in [1.82, 2.24) is 9.55 Å². The zero-order valence-electron chi connectivity index (χ0n) is 13.1. The molecule has 0 aliphatic heterocycles. The van der Waals surface area contributed by atoms with E-state index in [9.17, 15) is 9.90 Å². The van der Waals surface area contributed by atoms with Crippen LogP contribution in [0, 0.1) is 6.92 Å². The first kappa shape index (κ1) is 15.0. The first-order valence-corrected chi connectivity index (χ1v) is 7.51. The quantitative estimate of drug-likeness (QED) is 0.787. The number of nitrogens with zero attached hydrogens (tertiary/aromatic N) is 2. The number of imidazole rings is 1. The van der Waals surface area contributed by atoms with Crippen LogP contribution in [0.4, 0.5) is 0 Å². The second-order valence-corrected chi connectivity index (χ2v) is 5.59. The van der Waals surface area contributed by atoms with Gasteiger partial charge in [-0.05, 0) is 37.6 Å². The van der Waals surface area contributed by atoms with Gasteiger partial charge < -0.3 is 9.67 Å². The lowest BCUT2D eigenvalue weighted by Gasteiger charge is -2.11. The van der Waals surface area contributed by atoms with Gasteiger partial charge in [0, 0.05) is 0 Å². The van der Waals surface area contributed by atoms with Crippen LogP contribution in [0.2, 0.25) is 0 Å². The number of aryl methyl sites for hydroxylation is 1. The van der Waals surface area contributed by atoms with Crippen molar-refractivity contribution >= 4 is 29.2 Å². The summed E-state index contributed by atoms with van der Waals surface area (Å²) in [6.45, 7) is 3.71. The molecule has 0 saturated carbocycles. The summed E-state index contributed by atoms with van der Waals surface area (Å²) < 4.78 is 1.75. The van der Waals surface area contributed by atoms with Gasteiger partial charge in [-0.1, -0.05) is 48.0 Å². The van der Waals surface area contributed by atoms with Crippen LogP contribution in [0.5, 0.6) is 0 Å². The van der Waals surface area contributed by atoms with Gasteiger partial charge in [0.05, 0.1) is 11.0 Å². The van der Waals surface area contributed by atoms with Gasteiger partial charge in [0.15, 0.2) is 0 Å². The van der Waals surface area contributed by atoms with E-state index < -0.39 is 12.0 Å². The molecule has 0 spiro atoms. The molecule has 3 aromatic rings. The van der Waals surface area contributed by atoms with Crippen LogP contribution >= 0.6 is 0 Å². The van der Waals surface area contributed by atoms with Crippen molar-refractivity contribution < 1.29 is 9.90 Å². The van der Waals surface area contributed by atoms with Gasteiger partial charge >= 0.3 is 5.97 Å². The minimum Gasteiger partial charge on any atom is -0.480 e. The van der Waals surface area contributed by atoms with Crippen molar-refractivity contribution in [1.29, 1.82) is 0 Å². The fourth-order valence-corrected chi connectivity index (χ4v) is 2.55. The molecule has 4 nitrogen and oxygen atoms in total. The molecule has 3 rings (SSSR count). The zero-order chi connectivity index (χ0) is 16.4. The van der Waals surface area contributed by atoms with Crippen molar-refractivity contribution in [2.45, 2.75) is 19.9 Å². The van der Waals surface area contributed by atoms with Crippen molar-refractivity contribution in [3.8, 4) is 0 Å². The Morgan fingerprint density at radius 2 is 1.83 bits per heavy atom. The predicted molar refractivity (Wildman–Crippen MR) is 92.2 cm³/mol. The van der Waals surface area contributed by atoms with Crippen LogP contribution in [0.3, 0.4) is 0 Å². The number of fused-ring (bicyclic) bond motifs is 1. The minimum atomic E-state index is -0.877. The molecule has 1 N–H and O–H groups in total. The average molecular weight is 306 g/mol. The standard InChI is InChI=1S/C19H18N2O2/c1-13-7-9-15(10-8-13)11-12-18-20-16-5-3-4-6-17(16)21(18)14(2)19(22)23/h3-12,14H,1-2H3,(H,22,23)/b12-11+. The Morgan fingerprint density at radius 1 is 1.13 bits per heavy atom. The van der Waals surface area contributed by atoms with E-state index in [1.54, 1.807) is 11.5 Å². The number of aromatic nitrogens is 2. The molecule has 0 fully saturated rings. The largest absolute Gasteiger partial charge is 0.480 e. The molecular formula is C19H18N2O2. The highest BCUT2D eigenvalue weighted by Gasteiger charge is 2.19. The van der Waals surface area contributed by atoms with Gasteiger partial charge in [-0.2, -0.15) is 0 Å². The topological polar surface area (TPSA) is 55.1 Å². The maximum atomic E-state index is 11.4. The Morgan fingerprint density at radius 3 is 2.52 bits per heavy atom. The van der Waals surface area contributed by atoms with E-state index in [1.807, 2.05) is 67.6 Å². The summed E-state index contributed by atoms with van der Waals surface area (Å²) in [5.74, 6) is -0.236. The normalized spacial score (nSPS) is 12.8. The van der Waals surface area contributed by atoms with Gasteiger partial charge in [0.1, 0.15) is 11.9 Å². The molecule has 0 radical (unpaired) electrons. The summed E-state index contributed by atoms with van der Waals surface area (Å²) in [6.07, 6.45) is 3.82. The SMILES string of the molecule is Cc1ccc(/C=C/c2nc3ccccc3n2C(C)C(=O)O)cc1. The molecule has 1 heterocycles. The molecule has 2 aromatic carbocycles. The maximum Gasteiger partial charge on any atom is 0.326 e. The van der Waals surface area contributed by atoms with Crippen LogP contribution in [0.15, 0.2) is 48.5 Å². The molecule has 23 heavy (non-hydrogen) atoms. The van der Waals surface area contributed by atoms with E-state index in [0.29, 0.717) is 5.82 Å². The monoisotopic (exact) mass is 306 g/mol. The van der Waals surface area contributed by atoms with Gasteiger partial charge in [-0.3, -0.25) is 0 Å². The number of carbonyl (C=O) groups is 1. The summed E-state index contributed by atoms with van der Waals surface area (Å²) in [4.78, 5) is 16.0. The molecule has 1 aromatic heterocycles. The predicted octanol–water partition coefficient (Wildman–Crippen LogP) is 4.16. The number of para-hydroxylation sites is 2. The highest BCUT2D eigenvalue weighted by molar-refractivity contribution is 5.83.